The Morgan fingerprint density at radius 2 is 0.638 bits per heavy atom. The smallest absolute Gasteiger partial charge is 0.308 e. The van der Waals surface area contributed by atoms with Crippen molar-refractivity contribution in [1.82, 2.24) is 0 Å². The van der Waals surface area contributed by atoms with Gasteiger partial charge in [0.1, 0.15) is 11.1 Å². The largest absolute Gasteiger partial charge is 0.422 e. The van der Waals surface area contributed by atoms with Crippen LogP contribution in [-0.4, -0.2) is 0 Å². The van der Waals surface area contributed by atoms with Crippen LogP contribution in [0.4, 0.5) is 61.5 Å². The minimum absolute atomic E-state index is 0.197. The molecule has 0 amide bonds. The van der Waals surface area contributed by atoms with Crippen LogP contribution in [0.5, 0.6) is 0 Å². The van der Waals surface area contributed by atoms with Crippen molar-refractivity contribution in [2.45, 2.75) is 12.4 Å². The van der Waals surface area contributed by atoms with E-state index in [2.05, 4.69) is 15.9 Å². The zero-order chi connectivity index (χ0) is 43.4. The van der Waals surface area contributed by atoms with Crippen LogP contribution in [0, 0.1) is 46.5 Å². The Balaban J connectivity index is 0.000000210. The molecule has 6 rings (SSSR count). The molecule has 0 N–H and O–H groups in total. The lowest BCUT2D eigenvalue weighted by Gasteiger charge is -2.22. The molecule has 6 aromatic rings. The van der Waals surface area contributed by atoms with Gasteiger partial charge in [-0.25, -0.2) is 35.1 Å². The first-order valence-corrected chi connectivity index (χ1v) is 20.7. The number of benzene rings is 6. The molecule has 6 aromatic carbocycles. The fraction of sp³-hybridized carbons (Fsp3) is 0.0526. The molecule has 0 saturated carbocycles. The molecule has 0 aromatic heterocycles. The third-order valence-corrected chi connectivity index (χ3v) is 14.6. The van der Waals surface area contributed by atoms with Gasteiger partial charge in [-0.3, -0.25) is 4.57 Å². The summed E-state index contributed by atoms with van der Waals surface area (Å²) in [7, 11) is -4.58. The van der Waals surface area contributed by atoms with E-state index in [4.69, 9.17) is 11.2 Å². The standard InChI is InChI=1S/C19H10F7OP.C12H10ClOP.C7BrF7/c20-14-13(19(24,25)26)15(21)17(23)18(16(14)22)28(27,11-7-3-1-4-8-11)12-9-5-2-6-10-12;13-15(14,11-7-3-1-4-8-11)12-9-5-2-6-10-12;8-2-5(11)3(9)1(7(13,14)15)4(10)6(2)12/h1-10H;1-10H;. The molecule has 20 heteroatoms. The highest BCUT2D eigenvalue weighted by Gasteiger charge is 2.46. The van der Waals surface area contributed by atoms with Crippen LogP contribution in [-0.2, 0) is 21.5 Å². The monoisotopic (exact) mass is 950 g/mol. The Morgan fingerprint density at radius 3 is 0.897 bits per heavy atom. The van der Waals surface area contributed by atoms with Gasteiger partial charge >= 0.3 is 12.4 Å². The Hall–Kier alpha value is -4.43. The van der Waals surface area contributed by atoms with Gasteiger partial charge in [0.05, 0.1) is 9.78 Å². The van der Waals surface area contributed by atoms with Gasteiger partial charge in [-0.05, 0) is 27.2 Å². The highest BCUT2D eigenvalue weighted by molar-refractivity contribution is 9.10. The number of rotatable bonds is 5. The third-order valence-electron chi connectivity index (χ3n) is 7.75. The van der Waals surface area contributed by atoms with Crippen molar-refractivity contribution in [3.8, 4) is 0 Å². The summed E-state index contributed by atoms with van der Waals surface area (Å²) >= 11 is 8.23. The predicted molar refractivity (Wildman–Crippen MR) is 195 cm³/mol. The number of halogens is 16. The summed E-state index contributed by atoms with van der Waals surface area (Å²) in [5, 5.41) is -0.612. The lowest BCUT2D eigenvalue weighted by atomic mass is 10.1. The molecule has 0 aliphatic carbocycles. The number of alkyl halides is 6. The van der Waals surface area contributed by atoms with Gasteiger partial charge in [0.2, 0.25) is 6.49 Å². The molecule has 0 saturated heterocycles. The highest BCUT2D eigenvalue weighted by atomic mass is 79.9. The molecular weight excluding hydrogens is 932 g/mol. The maximum atomic E-state index is 14.6. The van der Waals surface area contributed by atoms with Crippen molar-refractivity contribution < 1.29 is 70.6 Å². The van der Waals surface area contributed by atoms with Crippen molar-refractivity contribution in [2.24, 2.45) is 0 Å². The average molecular weight is 952 g/mol. The Morgan fingerprint density at radius 1 is 0.397 bits per heavy atom. The zero-order valence-electron chi connectivity index (χ0n) is 28.3. The lowest BCUT2D eigenvalue weighted by Crippen LogP contribution is -2.33. The molecule has 0 unspecified atom stereocenters. The van der Waals surface area contributed by atoms with Crippen molar-refractivity contribution >= 4 is 67.3 Å². The summed E-state index contributed by atoms with van der Waals surface area (Å²) in [6.45, 7) is -2.93. The molecule has 0 aliphatic rings. The average Bonchev–Trinajstić information content (AvgIpc) is 3.19. The van der Waals surface area contributed by atoms with E-state index in [-0.39, 0.29) is 10.6 Å². The number of hydrogen-bond acceptors (Lipinski definition) is 2. The van der Waals surface area contributed by atoms with Gasteiger partial charge < -0.3 is 4.57 Å². The topological polar surface area (TPSA) is 34.1 Å². The second-order valence-corrected chi connectivity index (χ2v) is 18.4. The fourth-order valence-corrected chi connectivity index (χ4v) is 10.3. The van der Waals surface area contributed by atoms with Gasteiger partial charge in [0, 0.05) is 21.2 Å². The molecule has 58 heavy (non-hydrogen) atoms. The fourth-order valence-electron chi connectivity index (χ4n) is 5.07. The zero-order valence-corrected chi connectivity index (χ0v) is 32.4. The van der Waals surface area contributed by atoms with E-state index >= 15 is 0 Å². The van der Waals surface area contributed by atoms with Crippen molar-refractivity contribution in [3.63, 3.8) is 0 Å². The first kappa shape index (κ1) is 46.3. The van der Waals surface area contributed by atoms with E-state index < -0.39 is 93.4 Å². The second kappa shape index (κ2) is 18.2. The van der Waals surface area contributed by atoms with Gasteiger partial charge in [0.25, 0.3) is 0 Å². The van der Waals surface area contributed by atoms with Crippen LogP contribution in [0.1, 0.15) is 11.1 Å². The Labute approximate surface area is 332 Å². The maximum absolute atomic E-state index is 14.6. The van der Waals surface area contributed by atoms with Gasteiger partial charge in [-0.2, -0.15) is 26.3 Å². The van der Waals surface area contributed by atoms with E-state index in [9.17, 15) is 70.6 Å². The van der Waals surface area contributed by atoms with Crippen molar-refractivity contribution in [2.75, 3.05) is 0 Å². The van der Waals surface area contributed by atoms with Crippen LogP contribution in [0.25, 0.3) is 0 Å². The summed E-state index contributed by atoms with van der Waals surface area (Å²) in [5.41, 5.74) is -5.29. The van der Waals surface area contributed by atoms with Crippen LogP contribution in [0.2, 0.25) is 0 Å². The maximum Gasteiger partial charge on any atom is 0.422 e. The van der Waals surface area contributed by atoms with E-state index in [1.165, 1.54) is 60.7 Å². The minimum Gasteiger partial charge on any atom is -0.308 e. The molecule has 2 nitrogen and oxygen atoms in total. The second-order valence-electron chi connectivity index (χ2n) is 11.4. The molecule has 0 fully saturated rings. The first-order valence-electron chi connectivity index (χ1n) is 15.6. The predicted octanol–water partition coefficient (Wildman–Crippen LogP) is 12.1. The molecule has 306 valence electrons. The van der Waals surface area contributed by atoms with Crippen LogP contribution in [0.3, 0.4) is 0 Å². The van der Waals surface area contributed by atoms with Gasteiger partial charge in [0.15, 0.2) is 53.7 Å². The summed E-state index contributed by atoms with van der Waals surface area (Å²) in [4.78, 5) is 0. The summed E-state index contributed by atoms with van der Waals surface area (Å²) in [6, 6.07) is 31.6. The third kappa shape index (κ3) is 9.54. The van der Waals surface area contributed by atoms with E-state index in [1.807, 2.05) is 36.4 Å². The molecule has 0 spiro atoms. The SMILES string of the molecule is Fc1c(F)c(C(F)(F)F)c(F)c(F)c1Br.O=P(Cl)(c1ccccc1)c1ccccc1.O=P(c1ccccc1)(c1ccccc1)c1c(F)c(F)c(C(F)(F)F)c(F)c1F. The van der Waals surface area contributed by atoms with E-state index in [0.717, 1.165) is 0 Å². The van der Waals surface area contributed by atoms with Crippen LogP contribution >= 0.6 is 40.8 Å². The van der Waals surface area contributed by atoms with Crippen LogP contribution in [0.15, 0.2) is 126 Å². The first-order chi connectivity index (χ1) is 27.0. The van der Waals surface area contributed by atoms with Gasteiger partial charge in [-0.15, -0.1) is 0 Å². The lowest BCUT2D eigenvalue weighted by molar-refractivity contribution is -0.144. The van der Waals surface area contributed by atoms with Crippen molar-refractivity contribution in [1.29, 1.82) is 0 Å². The highest BCUT2D eigenvalue weighted by Crippen LogP contribution is 2.49. The molecule has 0 heterocycles. The minimum atomic E-state index is -5.68. The molecule has 0 bridgehead atoms. The molecule has 0 radical (unpaired) electrons. The van der Waals surface area contributed by atoms with E-state index in [1.54, 1.807) is 24.3 Å². The molecule has 0 aliphatic heterocycles. The Kier molecular flexibility index (Phi) is 14.5. The summed E-state index contributed by atoms with van der Waals surface area (Å²) < 4.78 is 208. The summed E-state index contributed by atoms with van der Waals surface area (Å²) in [6.07, 6.45) is -11.2. The van der Waals surface area contributed by atoms with Gasteiger partial charge in [-0.1, -0.05) is 121 Å². The Bertz CT molecular complexity index is 2340. The quantitative estimate of drug-likeness (QED) is 0.0747. The summed E-state index contributed by atoms with van der Waals surface area (Å²) in [5.74, 6) is -19.2. The van der Waals surface area contributed by atoms with E-state index in [0.29, 0.717) is 10.6 Å². The normalized spacial score (nSPS) is 11.9. The molecular formula is C38H20BrClF14O2P2. The number of hydrogen-bond donors (Lipinski definition) is 0. The molecule has 0 atom stereocenters. The van der Waals surface area contributed by atoms with Crippen LogP contribution < -0.4 is 26.5 Å². The van der Waals surface area contributed by atoms with Crippen molar-refractivity contribution in [3.05, 3.63) is 183 Å².